The van der Waals surface area contributed by atoms with Gasteiger partial charge in [0.1, 0.15) is 0 Å². The summed E-state index contributed by atoms with van der Waals surface area (Å²) in [5.74, 6) is -0.112. The van der Waals surface area contributed by atoms with Gasteiger partial charge in [-0.25, -0.2) is 0 Å². The molecule has 0 aliphatic carbocycles. The third kappa shape index (κ3) is 4.27. The average molecular weight is 410 g/mol. The van der Waals surface area contributed by atoms with Crippen LogP contribution in [0.25, 0.3) is 0 Å². The van der Waals surface area contributed by atoms with E-state index < -0.39 is 0 Å². The van der Waals surface area contributed by atoms with E-state index in [1.807, 2.05) is 29.2 Å². The number of benzene rings is 2. The first-order valence-electron chi connectivity index (χ1n) is 9.35. The molecule has 1 fully saturated rings. The highest BCUT2D eigenvalue weighted by Gasteiger charge is 2.23. The molecule has 0 saturated carbocycles. The Kier molecular flexibility index (Phi) is 5.53. The molecule has 7 heteroatoms. The van der Waals surface area contributed by atoms with Crippen LogP contribution in [-0.4, -0.2) is 42.9 Å². The molecule has 4 rings (SSSR count). The molecule has 0 unspecified atom stereocenters. The molecule has 0 radical (unpaired) electrons. The number of hydrogen-bond donors (Lipinski definition) is 1. The zero-order valence-electron chi connectivity index (χ0n) is 15.7. The van der Waals surface area contributed by atoms with Gasteiger partial charge in [-0.15, -0.1) is 0 Å². The van der Waals surface area contributed by atoms with Crippen molar-refractivity contribution < 1.29 is 14.0 Å². The lowest BCUT2D eigenvalue weighted by Gasteiger charge is -2.36. The highest BCUT2D eigenvalue weighted by Crippen LogP contribution is 2.26. The van der Waals surface area contributed by atoms with Crippen LogP contribution in [0.1, 0.15) is 20.9 Å². The summed E-state index contributed by atoms with van der Waals surface area (Å²) in [5.41, 5.74) is 2.19. The first kappa shape index (κ1) is 19.1. The van der Waals surface area contributed by atoms with Crippen molar-refractivity contribution in [2.45, 2.75) is 0 Å². The molecular formula is C22H20ClN3O3. The second kappa shape index (κ2) is 8.41. The fraction of sp³-hybridized carbons (Fsp3) is 0.182. The zero-order chi connectivity index (χ0) is 20.2. The summed E-state index contributed by atoms with van der Waals surface area (Å²) in [7, 11) is 0. The molecule has 6 nitrogen and oxygen atoms in total. The van der Waals surface area contributed by atoms with Crippen molar-refractivity contribution >= 4 is 34.8 Å². The molecule has 3 aromatic rings. The SMILES string of the molecule is O=C(Nc1ccc(C(=O)N2CCN(c3ccccc3Cl)CC2)cc1)c1ccco1. The van der Waals surface area contributed by atoms with Crippen molar-refractivity contribution in [3.63, 3.8) is 0 Å². The predicted molar refractivity (Wildman–Crippen MR) is 113 cm³/mol. The van der Waals surface area contributed by atoms with Gasteiger partial charge in [0.2, 0.25) is 0 Å². The fourth-order valence-electron chi connectivity index (χ4n) is 3.34. The normalized spacial score (nSPS) is 14.0. The molecule has 1 N–H and O–H groups in total. The standard InChI is InChI=1S/C22H20ClN3O3/c23-18-4-1-2-5-19(18)25-11-13-26(14-12-25)22(28)16-7-9-17(10-8-16)24-21(27)20-6-3-15-29-20/h1-10,15H,11-14H2,(H,24,27). The minimum absolute atomic E-state index is 0.0206. The highest BCUT2D eigenvalue weighted by molar-refractivity contribution is 6.33. The van der Waals surface area contributed by atoms with Crippen LogP contribution in [0, 0.1) is 0 Å². The molecule has 148 valence electrons. The second-order valence-corrected chi connectivity index (χ2v) is 7.15. The molecule has 0 spiro atoms. The van der Waals surface area contributed by atoms with Crippen molar-refractivity contribution in [2.75, 3.05) is 36.4 Å². The lowest BCUT2D eigenvalue weighted by Crippen LogP contribution is -2.48. The number of halogens is 1. The molecule has 1 aromatic heterocycles. The zero-order valence-corrected chi connectivity index (χ0v) is 16.4. The van der Waals surface area contributed by atoms with Crippen LogP contribution >= 0.6 is 11.6 Å². The number of piperazine rings is 1. The van der Waals surface area contributed by atoms with Gasteiger partial charge < -0.3 is 19.5 Å². The maximum Gasteiger partial charge on any atom is 0.291 e. The number of carbonyl (C=O) groups is 2. The van der Waals surface area contributed by atoms with Gasteiger partial charge in [-0.1, -0.05) is 23.7 Å². The van der Waals surface area contributed by atoms with Gasteiger partial charge in [-0.3, -0.25) is 9.59 Å². The Morgan fingerprint density at radius 1 is 0.897 bits per heavy atom. The van der Waals surface area contributed by atoms with E-state index in [2.05, 4.69) is 10.2 Å². The van der Waals surface area contributed by atoms with Crippen LogP contribution in [0.4, 0.5) is 11.4 Å². The van der Waals surface area contributed by atoms with Crippen molar-refractivity contribution in [2.24, 2.45) is 0 Å². The van der Waals surface area contributed by atoms with E-state index in [4.69, 9.17) is 16.0 Å². The number of furan rings is 1. The Hall–Kier alpha value is -3.25. The number of nitrogens with one attached hydrogen (secondary N) is 1. The number of carbonyl (C=O) groups excluding carboxylic acids is 2. The summed E-state index contributed by atoms with van der Waals surface area (Å²) in [5, 5.41) is 3.46. The topological polar surface area (TPSA) is 65.8 Å². The molecule has 1 aliphatic rings. The number of anilines is 2. The third-order valence-corrected chi connectivity index (χ3v) is 5.21. The van der Waals surface area contributed by atoms with Crippen LogP contribution < -0.4 is 10.2 Å². The van der Waals surface area contributed by atoms with Gasteiger partial charge in [-0.05, 0) is 48.5 Å². The Bertz CT molecular complexity index is 994. The third-order valence-electron chi connectivity index (χ3n) is 4.89. The first-order valence-corrected chi connectivity index (χ1v) is 9.73. The smallest absolute Gasteiger partial charge is 0.291 e. The minimum Gasteiger partial charge on any atom is -0.459 e. The van der Waals surface area contributed by atoms with Gasteiger partial charge in [0.05, 0.1) is 17.0 Å². The van der Waals surface area contributed by atoms with Crippen molar-refractivity contribution in [3.8, 4) is 0 Å². The van der Waals surface area contributed by atoms with Crippen LogP contribution in [0.3, 0.4) is 0 Å². The number of para-hydroxylation sites is 1. The summed E-state index contributed by atoms with van der Waals surface area (Å²) in [4.78, 5) is 28.9. The van der Waals surface area contributed by atoms with Crippen molar-refractivity contribution in [3.05, 3.63) is 83.3 Å². The lowest BCUT2D eigenvalue weighted by molar-refractivity contribution is 0.0746. The van der Waals surface area contributed by atoms with Crippen LogP contribution in [-0.2, 0) is 0 Å². The van der Waals surface area contributed by atoms with Gasteiger partial charge in [0.25, 0.3) is 11.8 Å². The quantitative estimate of drug-likeness (QED) is 0.703. The number of nitrogens with zero attached hydrogens (tertiary/aromatic N) is 2. The number of rotatable bonds is 4. The molecule has 1 aliphatic heterocycles. The number of amides is 2. The van der Waals surface area contributed by atoms with Crippen LogP contribution in [0.15, 0.2) is 71.3 Å². The van der Waals surface area contributed by atoms with Gasteiger partial charge in [-0.2, -0.15) is 0 Å². The van der Waals surface area contributed by atoms with E-state index in [0.717, 1.165) is 23.8 Å². The highest BCUT2D eigenvalue weighted by atomic mass is 35.5. The van der Waals surface area contributed by atoms with Crippen molar-refractivity contribution in [1.29, 1.82) is 0 Å². The molecule has 0 atom stereocenters. The van der Waals surface area contributed by atoms with E-state index in [1.54, 1.807) is 36.4 Å². The van der Waals surface area contributed by atoms with E-state index in [-0.39, 0.29) is 17.6 Å². The van der Waals surface area contributed by atoms with E-state index in [0.29, 0.717) is 24.3 Å². The molecule has 2 amide bonds. The van der Waals surface area contributed by atoms with Crippen molar-refractivity contribution in [1.82, 2.24) is 4.90 Å². The Labute approximate surface area is 173 Å². The van der Waals surface area contributed by atoms with Crippen LogP contribution in [0.2, 0.25) is 5.02 Å². The van der Waals surface area contributed by atoms with E-state index in [9.17, 15) is 9.59 Å². The maximum atomic E-state index is 12.8. The first-order chi connectivity index (χ1) is 14.1. The summed E-state index contributed by atoms with van der Waals surface area (Å²) in [6.45, 7) is 2.71. The minimum atomic E-state index is -0.329. The van der Waals surface area contributed by atoms with Gasteiger partial charge in [0.15, 0.2) is 5.76 Å². The van der Waals surface area contributed by atoms with E-state index >= 15 is 0 Å². The molecule has 1 saturated heterocycles. The summed E-state index contributed by atoms with van der Waals surface area (Å²) < 4.78 is 5.07. The van der Waals surface area contributed by atoms with E-state index in [1.165, 1.54) is 6.26 Å². The molecule has 2 aromatic carbocycles. The summed E-state index contributed by atoms with van der Waals surface area (Å²) >= 11 is 6.28. The Morgan fingerprint density at radius 2 is 1.62 bits per heavy atom. The molecule has 0 bridgehead atoms. The predicted octanol–water partition coefficient (Wildman–Crippen LogP) is 4.15. The Balaban J connectivity index is 1.35. The Morgan fingerprint density at radius 3 is 2.28 bits per heavy atom. The largest absolute Gasteiger partial charge is 0.459 e. The molecular weight excluding hydrogens is 390 g/mol. The molecule has 29 heavy (non-hydrogen) atoms. The van der Waals surface area contributed by atoms with Gasteiger partial charge >= 0.3 is 0 Å². The monoisotopic (exact) mass is 409 g/mol. The fourth-order valence-corrected chi connectivity index (χ4v) is 3.59. The molecule has 2 heterocycles. The second-order valence-electron chi connectivity index (χ2n) is 6.74. The summed E-state index contributed by atoms with van der Waals surface area (Å²) in [6, 6.07) is 17.9. The summed E-state index contributed by atoms with van der Waals surface area (Å²) in [6.07, 6.45) is 1.45. The average Bonchev–Trinajstić information content (AvgIpc) is 3.30. The van der Waals surface area contributed by atoms with Crippen LogP contribution in [0.5, 0.6) is 0 Å². The number of hydrogen-bond acceptors (Lipinski definition) is 4. The lowest BCUT2D eigenvalue weighted by atomic mass is 10.1. The maximum absolute atomic E-state index is 12.8. The van der Waals surface area contributed by atoms with Gasteiger partial charge in [0, 0.05) is 37.4 Å².